The summed E-state index contributed by atoms with van der Waals surface area (Å²) in [6.45, 7) is 0. The van der Waals surface area contributed by atoms with Crippen LogP contribution in [0.2, 0.25) is 0 Å². The Morgan fingerprint density at radius 2 is 2.08 bits per heavy atom. The van der Waals surface area contributed by atoms with Crippen LogP contribution >= 0.6 is 0 Å². The van der Waals surface area contributed by atoms with E-state index in [1.807, 2.05) is 6.07 Å². The smallest absolute Gasteiger partial charge is 0.209 e. The van der Waals surface area contributed by atoms with Crippen molar-refractivity contribution in [3.05, 3.63) is 30.1 Å². The third-order valence-electron chi connectivity index (χ3n) is 1.37. The Hall–Kier alpha value is 0.696. The number of primary sulfonamides is 1. The fourth-order valence-electron chi connectivity index (χ4n) is 0.793. The molecule has 0 spiro atoms. The van der Waals surface area contributed by atoms with Crippen molar-refractivity contribution in [2.24, 2.45) is 5.14 Å². The summed E-state index contributed by atoms with van der Waals surface area (Å²) in [5.74, 6) is -0.0516. The van der Waals surface area contributed by atoms with E-state index in [4.69, 9.17) is 5.14 Å². The van der Waals surface area contributed by atoms with Gasteiger partial charge in [-0.1, -0.05) is 6.07 Å². The molecule has 0 saturated carbocycles. The van der Waals surface area contributed by atoms with E-state index in [0.29, 0.717) is 6.42 Å². The van der Waals surface area contributed by atoms with Crippen LogP contribution in [0.25, 0.3) is 0 Å². The first-order chi connectivity index (χ1) is 5.58. The predicted octanol–water partition coefficient (Wildman–Crippen LogP) is -0.468. The summed E-state index contributed by atoms with van der Waals surface area (Å²) in [5, 5.41) is 4.83. The minimum Gasteiger partial charge on any atom is -0.261 e. The van der Waals surface area contributed by atoms with Crippen LogP contribution < -0.4 is 5.14 Å². The Bertz CT molecular complexity index is 339. The molecule has 1 heterocycles. The van der Waals surface area contributed by atoms with Crippen LogP contribution in [0.1, 0.15) is 5.69 Å². The second-order valence-electron chi connectivity index (χ2n) is 2.44. The first-order valence-corrected chi connectivity index (χ1v) is 5.20. The molecule has 1 aromatic rings. The van der Waals surface area contributed by atoms with Crippen LogP contribution in [-0.4, -0.2) is 70.5 Å². The maximum Gasteiger partial charge on any atom is 0.209 e. The summed E-state index contributed by atoms with van der Waals surface area (Å²) in [6.07, 6.45) is 2.00. The zero-order chi connectivity index (χ0) is 9.03. The van der Waals surface area contributed by atoms with Gasteiger partial charge in [-0.05, 0) is 12.1 Å². The number of hydrogen-bond donors (Lipinski definition) is 1. The number of hydrogen-bond acceptors (Lipinski definition) is 3. The SMILES string of the molecule is NS(=O)(=O)CCc1ccccn1.[K]. The van der Waals surface area contributed by atoms with Gasteiger partial charge in [-0.3, -0.25) is 4.98 Å². The van der Waals surface area contributed by atoms with Gasteiger partial charge in [-0.15, -0.1) is 0 Å². The molecule has 0 aliphatic rings. The van der Waals surface area contributed by atoms with Crippen molar-refractivity contribution in [3.63, 3.8) is 0 Å². The molecule has 0 bridgehead atoms. The van der Waals surface area contributed by atoms with Crippen LogP contribution in [-0.2, 0) is 16.4 Å². The zero-order valence-corrected chi connectivity index (χ0v) is 11.4. The van der Waals surface area contributed by atoms with Gasteiger partial charge in [-0.25, -0.2) is 13.6 Å². The molecular weight excluding hydrogens is 215 g/mol. The summed E-state index contributed by atoms with van der Waals surface area (Å²) < 4.78 is 21.1. The number of aromatic nitrogens is 1. The third kappa shape index (κ3) is 6.73. The van der Waals surface area contributed by atoms with Crippen LogP contribution in [0, 0.1) is 0 Å². The van der Waals surface area contributed by atoms with Gasteiger partial charge >= 0.3 is 0 Å². The molecule has 2 N–H and O–H groups in total. The van der Waals surface area contributed by atoms with Gasteiger partial charge in [0.25, 0.3) is 0 Å². The molecule has 0 saturated heterocycles. The second kappa shape index (κ2) is 6.23. The van der Waals surface area contributed by atoms with Crippen molar-refractivity contribution >= 4 is 61.4 Å². The molecule has 4 nitrogen and oxygen atoms in total. The van der Waals surface area contributed by atoms with Crippen LogP contribution in [0.5, 0.6) is 0 Å². The van der Waals surface area contributed by atoms with Crippen molar-refractivity contribution in [2.45, 2.75) is 6.42 Å². The van der Waals surface area contributed by atoms with E-state index < -0.39 is 10.0 Å². The number of pyridine rings is 1. The molecule has 1 rings (SSSR count). The average molecular weight is 225 g/mol. The molecule has 0 unspecified atom stereocenters. The second-order valence-corrected chi connectivity index (χ2v) is 4.17. The molecule has 0 fully saturated rings. The Morgan fingerprint density at radius 1 is 1.38 bits per heavy atom. The number of aryl methyl sites for hydroxylation is 1. The molecule has 6 heteroatoms. The zero-order valence-electron chi connectivity index (χ0n) is 7.47. The quantitative estimate of drug-likeness (QED) is 0.707. The van der Waals surface area contributed by atoms with E-state index in [9.17, 15) is 8.42 Å². The molecule has 0 atom stereocenters. The molecule has 13 heavy (non-hydrogen) atoms. The summed E-state index contributed by atoms with van der Waals surface area (Å²) in [4.78, 5) is 3.96. The maximum absolute atomic E-state index is 10.6. The normalized spacial score (nSPS) is 10.5. The van der Waals surface area contributed by atoms with Crippen molar-refractivity contribution < 1.29 is 8.42 Å². The molecule has 1 radical (unpaired) electrons. The predicted molar refractivity (Wildman–Crippen MR) is 51.7 cm³/mol. The topological polar surface area (TPSA) is 73.1 Å². The first kappa shape index (κ1) is 13.7. The molecular formula is C7H10KN2O2S. The largest absolute Gasteiger partial charge is 0.261 e. The molecule has 1 aromatic heterocycles. The van der Waals surface area contributed by atoms with Crippen molar-refractivity contribution in [1.82, 2.24) is 4.98 Å². The maximum atomic E-state index is 10.6. The number of nitrogens with zero attached hydrogens (tertiary/aromatic N) is 1. The van der Waals surface area contributed by atoms with Gasteiger partial charge in [0.2, 0.25) is 10.0 Å². The van der Waals surface area contributed by atoms with Gasteiger partial charge < -0.3 is 0 Å². The standard InChI is InChI=1S/C7H10N2O2S.K/c8-12(10,11)6-4-7-3-1-2-5-9-7;/h1-3,5H,4,6H2,(H2,8,10,11);. The van der Waals surface area contributed by atoms with Crippen LogP contribution in [0.3, 0.4) is 0 Å². The third-order valence-corrected chi connectivity index (χ3v) is 2.14. The van der Waals surface area contributed by atoms with E-state index in [1.165, 1.54) is 0 Å². The molecule has 0 aliphatic carbocycles. The van der Waals surface area contributed by atoms with E-state index >= 15 is 0 Å². The monoisotopic (exact) mass is 225 g/mol. The Balaban J connectivity index is 0.00000144. The van der Waals surface area contributed by atoms with Crippen molar-refractivity contribution in [1.29, 1.82) is 0 Å². The minimum absolute atomic E-state index is 0. The summed E-state index contributed by atoms with van der Waals surface area (Å²) in [7, 11) is -3.36. The van der Waals surface area contributed by atoms with E-state index in [2.05, 4.69) is 4.98 Å². The van der Waals surface area contributed by atoms with Crippen molar-refractivity contribution in [3.8, 4) is 0 Å². The summed E-state index contributed by atoms with van der Waals surface area (Å²) >= 11 is 0. The molecule has 67 valence electrons. The van der Waals surface area contributed by atoms with Gasteiger partial charge in [0.1, 0.15) is 0 Å². The Morgan fingerprint density at radius 3 is 2.54 bits per heavy atom. The number of nitrogens with two attached hydrogens (primary N) is 1. The van der Waals surface area contributed by atoms with E-state index in [-0.39, 0.29) is 57.1 Å². The molecule has 0 amide bonds. The number of sulfonamides is 1. The van der Waals surface area contributed by atoms with Gasteiger partial charge in [0, 0.05) is 69.7 Å². The Kier molecular flexibility index (Phi) is 6.56. The molecule has 0 aliphatic heterocycles. The van der Waals surface area contributed by atoms with Gasteiger partial charge in [0.15, 0.2) is 0 Å². The average Bonchev–Trinajstić information content (AvgIpc) is 2.02. The van der Waals surface area contributed by atoms with Gasteiger partial charge in [0.05, 0.1) is 5.75 Å². The van der Waals surface area contributed by atoms with Crippen LogP contribution in [0.4, 0.5) is 0 Å². The number of rotatable bonds is 3. The first-order valence-electron chi connectivity index (χ1n) is 3.48. The Labute approximate surface area is 120 Å². The van der Waals surface area contributed by atoms with E-state index in [1.54, 1.807) is 18.3 Å². The summed E-state index contributed by atoms with van der Waals surface area (Å²) in [6, 6.07) is 5.36. The van der Waals surface area contributed by atoms with E-state index in [0.717, 1.165) is 5.69 Å². The van der Waals surface area contributed by atoms with Crippen molar-refractivity contribution in [2.75, 3.05) is 5.75 Å². The fourth-order valence-corrected chi connectivity index (χ4v) is 1.29. The van der Waals surface area contributed by atoms with Gasteiger partial charge in [-0.2, -0.15) is 0 Å². The molecule has 0 aromatic carbocycles. The van der Waals surface area contributed by atoms with Crippen LogP contribution in [0.15, 0.2) is 24.4 Å². The fraction of sp³-hybridized carbons (Fsp3) is 0.286. The minimum atomic E-state index is -3.36. The summed E-state index contributed by atoms with van der Waals surface area (Å²) in [5.41, 5.74) is 0.742.